The summed E-state index contributed by atoms with van der Waals surface area (Å²) in [5, 5.41) is 2.86. The van der Waals surface area contributed by atoms with Crippen molar-refractivity contribution in [3.05, 3.63) is 59.2 Å². The second-order valence-corrected chi connectivity index (χ2v) is 6.01. The third-order valence-electron chi connectivity index (χ3n) is 4.18. The summed E-state index contributed by atoms with van der Waals surface area (Å²) in [6, 6.07) is 12.1. The zero-order chi connectivity index (χ0) is 17.8. The third-order valence-corrected chi connectivity index (χ3v) is 4.18. The number of hydrogen-bond donors (Lipinski definition) is 2. The number of amides is 2. The van der Waals surface area contributed by atoms with Crippen LogP contribution < -0.4 is 11.1 Å². The first-order valence-corrected chi connectivity index (χ1v) is 8.19. The van der Waals surface area contributed by atoms with E-state index in [-0.39, 0.29) is 11.8 Å². The van der Waals surface area contributed by atoms with E-state index in [4.69, 9.17) is 10.5 Å². The number of nitrogens with one attached hydrogen (secondary N) is 1. The number of nitrogens with zero attached hydrogens (tertiary/aromatic N) is 1. The summed E-state index contributed by atoms with van der Waals surface area (Å²) < 4.78 is 5.28. The Morgan fingerprint density at radius 2 is 1.84 bits per heavy atom. The molecule has 2 aromatic rings. The first-order chi connectivity index (χ1) is 12.0. The molecule has 1 aliphatic rings. The van der Waals surface area contributed by atoms with Crippen molar-refractivity contribution in [3.8, 4) is 0 Å². The maximum absolute atomic E-state index is 12.6. The molecule has 0 aliphatic carbocycles. The van der Waals surface area contributed by atoms with Crippen molar-refractivity contribution in [1.82, 2.24) is 4.90 Å². The van der Waals surface area contributed by atoms with E-state index in [1.54, 1.807) is 41.3 Å². The Morgan fingerprint density at radius 3 is 2.56 bits per heavy atom. The van der Waals surface area contributed by atoms with Gasteiger partial charge in [0.2, 0.25) is 0 Å². The van der Waals surface area contributed by atoms with Gasteiger partial charge in [-0.25, -0.2) is 0 Å². The van der Waals surface area contributed by atoms with Crippen molar-refractivity contribution in [3.63, 3.8) is 0 Å². The highest BCUT2D eigenvalue weighted by atomic mass is 16.5. The fraction of sp³-hybridized carbons (Fsp3) is 0.263. The molecule has 0 bridgehead atoms. The van der Waals surface area contributed by atoms with Crippen LogP contribution in [0.1, 0.15) is 26.3 Å². The first-order valence-electron chi connectivity index (χ1n) is 8.19. The summed E-state index contributed by atoms with van der Waals surface area (Å²) in [4.78, 5) is 26.8. The van der Waals surface area contributed by atoms with E-state index < -0.39 is 0 Å². The van der Waals surface area contributed by atoms with Crippen LogP contribution >= 0.6 is 0 Å². The van der Waals surface area contributed by atoms with Crippen molar-refractivity contribution >= 4 is 23.2 Å². The van der Waals surface area contributed by atoms with Crippen molar-refractivity contribution in [2.24, 2.45) is 0 Å². The van der Waals surface area contributed by atoms with E-state index >= 15 is 0 Å². The Labute approximate surface area is 146 Å². The molecule has 6 nitrogen and oxygen atoms in total. The van der Waals surface area contributed by atoms with Gasteiger partial charge in [0.05, 0.1) is 13.2 Å². The van der Waals surface area contributed by atoms with Gasteiger partial charge < -0.3 is 20.7 Å². The summed E-state index contributed by atoms with van der Waals surface area (Å²) in [5.41, 5.74) is 8.78. The van der Waals surface area contributed by atoms with Crippen LogP contribution in [-0.4, -0.2) is 43.0 Å². The predicted octanol–water partition coefficient (Wildman–Crippen LogP) is 2.30. The van der Waals surface area contributed by atoms with Crippen LogP contribution in [0, 0.1) is 6.92 Å². The van der Waals surface area contributed by atoms with Gasteiger partial charge in [0, 0.05) is 35.6 Å². The molecule has 2 amide bonds. The molecule has 0 saturated carbocycles. The standard InChI is InChI=1S/C19H21N3O3/c1-13-5-6-15(19(24)22-7-9-25-10-8-22)12-17(13)21-18(23)14-3-2-4-16(20)11-14/h2-6,11-12H,7-10,20H2,1H3,(H,21,23). The van der Waals surface area contributed by atoms with Crippen LogP contribution in [0.5, 0.6) is 0 Å². The van der Waals surface area contributed by atoms with Crippen molar-refractivity contribution < 1.29 is 14.3 Å². The van der Waals surface area contributed by atoms with Gasteiger partial charge in [-0.3, -0.25) is 9.59 Å². The summed E-state index contributed by atoms with van der Waals surface area (Å²) >= 11 is 0. The van der Waals surface area contributed by atoms with Gasteiger partial charge in [0.1, 0.15) is 0 Å². The lowest BCUT2D eigenvalue weighted by atomic mass is 10.1. The summed E-state index contributed by atoms with van der Waals surface area (Å²) in [6.07, 6.45) is 0. The number of hydrogen-bond acceptors (Lipinski definition) is 4. The maximum Gasteiger partial charge on any atom is 0.255 e. The highest BCUT2D eigenvalue weighted by Crippen LogP contribution is 2.20. The third kappa shape index (κ3) is 3.97. The van der Waals surface area contributed by atoms with Crippen LogP contribution in [0.25, 0.3) is 0 Å². The minimum atomic E-state index is -0.258. The van der Waals surface area contributed by atoms with Crippen LogP contribution in [0.4, 0.5) is 11.4 Å². The Kier molecular flexibility index (Phi) is 5.00. The van der Waals surface area contributed by atoms with Crippen LogP contribution in [0.2, 0.25) is 0 Å². The number of morpholine rings is 1. The summed E-state index contributed by atoms with van der Waals surface area (Å²) in [7, 11) is 0. The Hall–Kier alpha value is -2.86. The summed E-state index contributed by atoms with van der Waals surface area (Å²) in [5.74, 6) is -0.311. The number of ether oxygens (including phenoxy) is 1. The SMILES string of the molecule is Cc1ccc(C(=O)N2CCOCC2)cc1NC(=O)c1cccc(N)c1. The number of carbonyl (C=O) groups is 2. The van der Waals surface area contributed by atoms with Gasteiger partial charge in [-0.15, -0.1) is 0 Å². The van der Waals surface area contributed by atoms with E-state index in [2.05, 4.69) is 5.32 Å². The molecular formula is C19H21N3O3. The molecule has 0 radical (unpaired) electrons. The number of anilines is 2. The van der Waals surface area contributed by atoms with Crippen molar-refractivity contribution in [1.29, 1.82) is 0 Å². The number of nitrogen functional groups attached to an aromatic ring is 1. The number of nitrogens with two attached hydrogens (primary N) is 1. The largest absolute Gasteiger partial charge is 0.399 e. The molecule has 0 atom stereocenters. The van der Waals surface area contributed by atoms with Gasteiger partial charge in [-0.1, -0.05) is 12.1 Å². The van der Waals surface area contributed by atoms with Gasteiger partial charge >= 0.3 is 0 Å². The molecule has 1 heterocycles. The van der Waals surface area contributed by atoms with Crippen LogP contribution in [0.15, 0.2) is 42.5 Å². The van der Waals surface area contributed by atoms with Crippen LogP contribution in [-0.2, 0) is 4.74 Å². The quantitative estimate of drug-likeness (QED) is 0.841. The molecule has 1 aliphatic heterocycles. The van der Waals surface area contributed by atoms with Crippen LogP contribution in [0.3, 0.4) is 0 Å². The number of rotatable bonds is 3. The van der Waals surface area contributed by atoms with Crippen molar-refractivity contribution in [2.45, 2.75) is 6.92 Å². The average Bonchev–Trinajstić information content (AvgIpc) is 2.63. The minimum absolute atomic E-state index is 0.0530. The van der Waals surface area contributed by atoms with Gasteiger partial charge in [-0.05, 0) is 42.8 Å². The number of benzene rings is 2. The highest BCUT2D eigenvalue weighted by molar-refractivity contribution is 6.06. The van der Waals surface area contributed by atoms with E-state index in [0.29, 0.717) is 48.8 Å². The lowest BCUT2D eigenvalue weighted by Crippen LogP contribution is -2.40. The number of aryl methyl sites for hydroxylation is 1. The molecule has 0 aromatic heterocycles. The van der Waals surface area contributed by atoms with E-state index in [1.165, 1.54) is 0 Å². The summed E-state index contributed by atoms with van der Waals surface area (Å²) in [6.45, 7) is 4.15. The number of carbonyl (C=O) groups excluding carboxylic acids is 2. The molecule has 130 valence electrons. The monoisotopic (exact) mass is 339 g/mol. The highest BCUT2D eigenvalue weighted by Gasteiger charge is 2.19. The van der Waals surface area contributed by atoms with E-state index in [9.17, 15) is 9.59 Å². The Morgan fingerprint density at radius 1 is 1.08 bits per heavy atom. The second-order valence-electron chi connectivity index (χ2n) is 6.01. The Bertz CT molecular complexity index is 798. The van der Waals surface area contributed by atoms with Crippen molar-refractivity contribution in [2.75, 3.05) is 37.4 Å². The molecule has 2 aromatic carbocycles. The minimum Gasteiger partial charge on any atom is -0.399 e. The molecule has 0 unspecified atom stereocenters. The molecule has 3 rings (SSSR count). The smallest absolute Gasteiger partial charge is 0.255 e. The molecule has 6 heteroatoms. The molecule has 3 N–H and O–H groups in total. The molecule has 1 fully saturated rings. The topological polar surface area (TPSA) is 84.7 Å². The first kappa shape index (κ1) is 17.0. The van der Waals surface area contributed by atoms with E-state index in [0.717, 1.165) is 5.56 Å². The fourth-order valence-electron chi connectivity index (χ4n) is 2.71. The normalized spacial score (nSPS) is 14.2. The molecule has 1 saturated heterocycles. The average molecular weight is 339 g/mol. The van der Waals surface area contributed by atoms with Gasteiger partial charge in [0.15, 0.2) is 0 Å². The Balaban J connectivity index is 1.79. The lowest BCUT2D eigenvalue weighted by molar-refractivity contribution is 0.0303. The van der Waals surface area contributed by atoms with E-state index in [1.807, 2.05) is 13.0 Å². The lowest BCUT2D eigenvalue weighted by Gasteiger charge is -2.27. The molecule has 0 spiro atoms. The second kappa shape index (κ2) is 7.36. The molecular weight excluding hydrogens is 318 g/mol. The fourth-order valence-corrected chi connectivity index (χ4v) is 2.71. The predicted molar refractivity (Wildman–Crippen MR) is 96.7 cm³/mol. The zero-order valence-electron chi connectivity index (χ0n) is 14.1. The zero-order valence-corrected chi connectivity index (χ0v) is 14.1. The maximum atomic E-state index is 12.6. The van der Waals surface area contributed by atoms with Gasteiger partial charge in [-0.2, -0.15) is 0 Å². The molecule has 25 heavy (non-hydrogen) atoms. The van der Waals surface area contributed by atoms with Gasteiger partial charge in [0.25, 0.3) is 11.8 Å².